The molecule has 0 unspecified atom stereocenters. The van der Waals surface area contributed by atoms with Gasteiger partial charge in [-0.25, -0.2) is 14.0 Å². The summed E-state index contributed by atoms with van der Waals surface area (Å²) in [5.74, 6) is 1.81. The van der Waals surface area contributed by atoms with Crippen LogP contribution in [0.3, 0.4) is 0 Å². The van der Waals surface area contributed by atoms with Crippen LogP contribution in [0.2, 0.25) is 0 Å². The number of hydrogen-bond donors (Lipinski definition) is 1. The highest BCUT2D eigenvalue weighted by atomic mass is 16.5. The van der Waals surface area contributed by atoms with Crippen molar-refractivity contribution in [2.24, 2.45) is 4.99 Å². The molecular formula is C22H22N6O3. The minimum Gasteiger partial charge on any atom is -0.497 e. The largest absolute Gasteiger partial charge is 0.497 e. The molecule has 9 heteroatoms. The molecule has 1 N–H and O–H groups in total. The zero-order valence-electron chi connectivity index (χ0n) is 17.1. The highest BCUT2D eigenvalue weighted by molar-refractivity contribution is 6.13. The van der Waals surface area contributed by atoms with Crippen molar-refractivity contribution in [3.8, 4) is 11.4 Å². The topological polar surface area (TPSA) is 93.8 Å². The van der Waals surface area contributed by atoms with Crippen molar-refractivity contribution in [3.63, 3.8) is 0 Å². The lowest BCUT2D eigenvalue weighted by Gasteiger charge is -2.33. The molecule has 158 valence electrons. The van der Waals surface area contributed by atoms with E-state index in [4.69, 9.17) is 4.74 Å². The number of carbonyl (C=O) groups excluding carboxylic acids is 1. The molecule has 2 aliphatic heterocycles. The number of amides is 1. The van der Waals surface area contributed by atoms with Gasteiger partial charge in [-0.2, -0.15) is 0 Å². The Morgan fingerprint density at radius 2 is 1.97 bits per heavy atom. The lowest BCUT2D eigenvalue weighted by molar-refractivity contribution is -0.122. The van der Waals surface area contributed by atoms with Gasteiger partial charge in [0.05, 0.1) is 12.8 Å². The molecule has 5 rings (SSSR count). The predicted octanol–water partition coefficient (Wildman–Crippen LogP) is 1.33. The normalized spacial score (nSPS) is 14.2. The monoisotopic (exact) mass is 418 g/mol. The molecule has 9 nitrogen and oxygen atoms in total. The zero-order valence-corrected chi connectivity index (χ0v) is 17.1. The number of methoxy groups -OCH3 is 1. The van der Waals surface area contributed by atoms with E-state index in [1.807, 2.05) is 53.4 Å². The number of carbonyl (C=O) groups is 1. The smallest absolute Gasteiger partial charge is 0.352 e. The van der Waals surface area contributed by atoms with Crippen LogP contribution in [-0.2, 0) is 17.9 Å². The Bertz CT molecular complexity index is 1220. The third kappa shape index (κ3) is 3.37. The standard InChI is InChI=1S/C22H22N6O3/c1-31-16-9-7-15(8-10-16)13-24-19(29)14-27-22(30)28-18-6-3-2-5-17(18)20-23-11-4-12-26(20)21(28)25-27/h2-3,5-10H,4,11-14H2,1H3,(H,24,29). The van der Waals surface area contributed by atoms with Crippen molar-refractivity contribution in [3.05, 3.63) is 70.1 Å². The van der Waals surface area contributed by atoms with Crippen LogP contribution in [0, 0.1) is 0 Å². The van der Waals surface area contributed by atoms with Crippen molar-refractivity contribution in [1.29, 1.82) is 0 Å². The summed E-state index contributed by atoms with van der Waals surface area (Å²) in [6, 6.07) is 15.1. The molecule has 1 amide bonds. The lowest BCUT2D eigenvalue weighted by atomic mass is 10.1. The SMILES string of the molecule is COc1ccc(CNC(=O)Cn2nc3n(c2=O)-c2ccccc2C2=NCCCN23)cc1. The summed E-state index contributed by atoms with van der Waals surface area (Å²) in [5, 5.41) is 7.33. The van der Waals surface area contributed by atoms with Crippen LogP contribution in [-0.4, -0.2) is 46.3 Å². The summed E-state index contributed by atoms with van der Waals surface area (Å²) in [5.41, 5.74) is 2.24. The first-order chi connectivity index (χ1) is 15.2. The lowest BCUT2D eigenvalue weighted by Crippen LogP contribution is -2.42. The second kappa shape index (κ2) is 7.75. The number of rotatable bonds is 5. The first kappa shape index (κ1) is 19.1. The third-order valence-corrected chi connectivity index (χ3v) is 5.45. The molecule has 0 saturated heterocycles. The molecule has 2 aliphatic rings. The number of ether oxygens (including phenoxy) is 1. The van der Waals surface area contributed by atoms with Gasteiger partial charge in [0.15, 0.2) is 0 Å². The molecular weight excluding hydrogens is 396 g/mol. The highest BCUT2D eigenvalue weighted by Gasteiger charge is 2.33. The average molecular weight is 418 g/mol. The predicted molar refractivity (Wildman–Crippen MR) is 116 cm³/mol. The number of benzene rings is 2. The summed E-state index contributed by atoms with van der Waals surface area (Å²) in [4.78, 5) is 32.3. The zero-order chi connectivity index (χ0) is 21.4. The van der Waals surface area contributed by atoms with E-state index >= 15 is 0 Å². The number of hydrogen-bond acceptors (Lipinski definition) is 6. The number of amidine groups is 1. The second-order valence-electron chi connectivity index (χ2n) is 7.43. The maximum atomic E-state index is 13.1. The first-order valence-corrected chi connectivity index (χ1v) is 10.2. The van der Waals surface area contributed by atoms with Crippen LogP contribution in [0.25, 0.3) is 5.69 Å². The Balaban J connectivity index is 1.39. The van der Waals surface area contributed by atoms with E-state index in [0.29, 0.717) is 12.5 Å². The Hall–Kier alpha value is -3.88. The van der Waals surface area contributed by atoms with Crippen LogP contribution in [0.5, 0.6) is 5.75 Å². The van der Waals surface area contributed by atoms with E-state index in [-0.39, 0.29) is 18.1 Å². The second-order valence-corrected chi connectivity index (χ2v) is 7.43. The summed E-state index contributed by atoms with van der Waals surface area (Å²) >= 11 is 0. The van der Waals surface area contributed by atoms with Crippen molar-refractivity contribution < 1.29 is 9.53 Å². The average Bonchev–Trinajstić information content (AvgIpc) is 3.14. The van der Waals surface area contributed by atoms with Gasteiger partial charge < -0.3 is 10.1 Å². The van der Waals surface area contributed by atoms with Crippen LogP contribution in [0.4, 0.5) is 5.95 Å². The first-order valence-electron chi connectivity index (χ1n) is 10.2. The van der Waals surface area contributed by atoms with Crippen molar-refractivity contribution >= 4 is 17.7 Å². The number of fused-ring (bicyclic) bond motifs is 6. The van der Waals surface area contributed by atoms with E-state index in [1.54, 1.807) is 11.7 Å². The van der Waals surface area contributed by atoms with Crippen molar-refractivity contribution in [1.82, 2.24) is 19.7 Å². The Morgan fingerprint density at radius 1 is 1.16 bits per heavy atom. The molecule has 0 spiro atoms. The number of aliphatic imine (C=N–C) groups is 1. The van der Waals surface area contributed by atoms with E-state index in [0.717, 1.165) is 47.9 Å². The maximum absolute atomic E-state index is 13.1. The maximum Gasteiger partial charge on any atom is 0.352 e. The number of aromatic nitrogens is 3. The van der Waals surface area contributed by atoms with E-state index in [1.165, 1.54) is 4.68 Å². The summed E-state index contributed by atoms with van der Waals surface area (Å²) < 4.78 is 7.92. The van der Waals surface area contributed by atoms with Gasteiger partial charge in [0.1, 0.15) is 18.1 Å². The minimum absolute atomic E-state index is 0.155. The fraction of sp³-hybridized carbons (Fsp3) is 0.273. The van der Waals surface area contributed by atoms with Gasteiger partial charge in [-0.1, -0.05) is 24.3 Å². The van der Waals surface area contributed by atoms with Crippen LogP contribution in [0.15, 0.2) is 58.3 Å². The Morgan fingerprint density at radius 3 is 2.77 bits per heavy atom. The molecule has 0 radical (unpaired) electrons. The molecule has 0 fully saturated rings. The molecule has 3 aromatic rings. The molecule has 0 bridgehead atoms. The molecule has 0 aliphatic carbocycles. The summed E-state index contributed by atoms with van der Waals surface area (Å²) in [7, 11) is 1.61. The van der Waals surface area contributed by atoms with Crippen LogP contribution >= 0.6 is 0 Å². The van der Waals surface area contributed by atoms with Gasteiger partial charge in [-0.15, -0.1) is 5.10 Å². The molecule has 2 aromatic carbocycles. The van der Waals surface area contributed by atoms with Gasteiger partial charge >= 0.3 is 5.69 Å². The van der Waals surface area contributed by atoms with Gasteiger partial charge in [0, 0.05) is 25.2 Å². The summed E-state index contributed by atoms with van der Waals surface area (Å²) in [6.45, 7) is 1.68. The number of nitrogens with one attached hydrogen (secondary N) is 1. The molecule has 0 atom stereocenters. The number of para-hydroxylation sites is 1. The van der Waals surface area contributed by atoms with Gasteiger partial charge in [-0.05, 0) is 36.2 Å². The van der Waals surface area contributed by atoms with Crippen LogP contribution < -0.4 is 20.6 Å². The third-order valence-electron chi connectivity index (χ3n) is 5.45. The Labute approximate surface area is 178 Å². The number of anilines is 1. The molecule has 31 heavy (non-hydrogen) atoms. The molecule has 3 heterocycles. The summed E-state index contributed by atoms with van der Waals surface area (Å²) in [6.07, 6.45) is 0.884. The van der Waals surface area contributed by atoms with Crippen molar-refractivity contribution in [2.45, 2.75) is 19.5 Å². The quantitative estimate of drug-likeness (QED) is 0.675. The van der Waals surface area contributed by atoms with Crippen molar-refractivity contribution in [2.75, 3.05) is 25.1 Å². The molecule has 1 aromatic heterocycles. The number of nitrogens with zero attached hydrogens (tertiary/aromatic N) is 5. The van der Waals surface area contributed by atoms with Gasteiger partial charge in [-0.3, -0.25) is 14.7 Å². The van der Waals surface area contributed by atoms with Crippen LogP contribution in [0.1, 0.15) is 17.5 Å². The fourth-order valence-electron chi connectivity index (χ4n) is 3.91. The van der Waals surface area contributed by atoms with Gasteiger partial charge in [0.25, 0.3) is 0 Å². The van der Waals surface area contributed by atoms with Gasteiger partial charge in [0.2, 0.25) is 11.9 Å². The van der Waals surface area contributed by atoms with E-state index < -0.39 is 0 Å². The van der Waals surface area contributed by atoms with E-state index in [2.05, 4.69) is 15.4 Å². The minimum atomic E-state index is -0.341. The Kier molecular flexibility index (Phi) is 4.78. The van der Waals surface area contributed by atoms with E-state index in [9.17, 15) is 9.59 Å². The fourth-order valence-corrected chi connectivity index (χ4v) is 3.91. The molecule has 0 saturated carbocycles. The highest BCUT2D eigenvalue weighted by Crippen LogP contribution is 2.29.